The van der Waals surface area contributed by atoms with Gasteiger partial charge in [-0.1, -0.05) is 49.2 Å². The summed E-state index contributed by atoms with van der Waals surface area (Å²) in [5, 5.41) is 0. The van der Waals surface area contributed by atoms with E-state index < -0.39 is 22.6 Å². The zero-order valence-corrected chi connectivity index (χ0v) is 16.4. The molecule has 0 amide bonds. The summed E-state index contributed by atoms with van der Waals surface area (Å²) in [6.45, 7) is 10.6. The molecule has 0 bridgehead atoms. The van der Waals surface area contributed by atoms with Gasteiger partial charge in [0, 0.05) is 0 Å². The molecule has 0 saturated heterocycles. The quantitative estimate of drug-likeness (QED) is 0.362. The van der Waals surface area contributed by atoms with Crippen LogP contribution in [0.5, 0.6) is 0 Å². The van der Waals surface area contributed by atoms with Gasteiger partial charge in [0.05, 0.1) is 16.1 Å². The molecule has 1 heterocycles. The largest absolute Gasteiger partial charge is 0.461 e. The highest BCUT2D eigenvalue weighted by Gasteiger charge is 2.46. The number of aromatic nitrogens is 1. The van der Waals surface area contributed by atoms with Gasteiger partial charge >= 0.3 is 11.9 Å². The van der Waals surface area contributed by atoms with Crippen LogP contribution in [0, 0.1) is 5.92 Å². The third kappa shape index (κ3) is 4.53. The topological polar surface area (TPSA) is 65.5 Å². The number of carbonyl (C=O) groups is 2. The highest BCUT2D eigenvalue weighted by atomic mass is 32.2. The lowest BCUT2D eigenvalue weighted by atomic mass is 9.95. The van der Waals surface area contributed by atoms with E-state index in [1.54, 1.807) is 13.8 Å². The third-order valence-corrected chi connectivity index (χ3v) is 6.38. The zero-order valence-electron chi connectivity index (χ0n) is 14.8. The number of ether oxygens (including phenoxy) is 2. The SMILES string of the molecule is C=CCOC(=O)C(C)C(C)(Sc1nc2ccccc2s1)C(=O)OCC=C. The molecule has 7 heteroatoms. The number of thioether (sulfide) groups is 1. The Bertz CT molecular complexity index is 784. The number of benzene rings is 1. The lowest BCUT2D eigenvalue weighted by molar-refractivity contribution is -0.156. The molecule has 0 spiro atoms. The number of thiazole rings is 1. The molecule has 2 aromatic rings. The molecule has 1 aromatic carbocycles. The van der Waals surface area contributed by atoms with E-state index in [9.17, 15) is 9.59 Å². The van der Waals surface area contributed by atoms with Crippen LogP contribution in [0.2, 0.25) is 0 Å². The first-order chi connectivity index (χ1) is 12.4. The van der Waals surface area contributed by atoms with E-state index in [0.717, 1.165) is 10.2 Å². The van der Waals surface area contributed by atoms with Crippen molar-refractivity contribution in [3.63, 3.8) is 0 Å². The first kappa shape index (κ1) is 20.2. The summed E-state index contributed by atoms with van der Waals surface area (Å²) >= 11 is 2.69. The monoisotopic (exact) mass is 391 g/mol. The minimum absolute atomic E-state index is 0.0727. The van der Waals surface area contributed by atoms with Gasteiger partial charge in [-0.25, -0.2) is 4.98 Å². The highest BCUT2D eigenvalue weighted by molar-refractivity contribution is 8.03. The maximum Gasteiger partial charge on any atom is 0.323 e. The number of rotatable bonds is 9. The number of carbonyl (C=O) groups excluding carboxylic acids is 2. The Morgan fingerprint density at radius 3 is 2.58 bits per heavy atom. The van der Waals surface area contributed by atoms with Gasteiger partial charge in [-0.15, -0.1) is 11.3 Å². The standard InChI is InChI=1S/C19H21NO4S2/c1-5-11-23-16(21)13(3)19(4,17(22)24-12-6-2)26-18-20-14-9-7-8-10-15(14)25-18/h5-10,13H,1-2,11-12H2,3-4H3. The van der Waals surface area contributed by atoms with Crippen LogP contribution in [0.25, 0.3) is 10.2 Å². The second-order valence-electron chi connectivity index (χ2n) is 5.68. The fourth-order valence-electron chi connectivity index (χ4n) is 2.15. The normalized spacial score (nSPS) is 14.2. The van der Waals surface area contributed by atoms with Crippen molar-refractivity contribution in [2.45, 2.75) is 22.9 Å². The van der Waals surface area contributed by atoms with Crippen LogP contribution in [0.4, 0.5) is 0 Å². The van der Waals surface area contributed by atoms with Crippen molar-refractivity contribution in [3.05, 3.63) is 49.6 Å². The van der Waals surface area contributed by atoms with Gasteiger partial charge in [0.25, 0.3) is 0 Å². The highest BCUT2D eigenvalue weighted by Crippen LogP contribution is 2.43. The molecule has 0 aliphatic rings. The molecular formula is C19H21NO4S2. The zero-order chi connectivity index (χ0) is 19.2. The van der Waals surface area contributed by atoms with Crippen LogP contribution in [0.3, 0.4) is 0 Å². The van der Waals surface area contributed by atoms with E-state index in [1.165, 1.54) is 35.3 Å². The van der Waals surface area contributed by atoms with Gasteiger partial charge in [-0.05, 0) is 26.0 Å². The van der Waals surface area contributed by atoms with E-state index in [4.69, 9.17) is 9.47 Å². The Hall–Kier alpha value is -2.12. The molecule has 0 N–H and O–H groups in total. The maximum absolute atomic E-state index is 12.7. The average Bonchev–Trinajstić information content (AvgIpc) is 3.05. The van der Waals surface area contributed by atoms with Crippen LogP contribution < -0.4 is 0 Å². The minimum Gasteiger partial charge on any atom is -0.461 e. The van der Waals surface area contributed by atoms with E-state index in [0.29, 0.717) is 4.34 Å². The van der Waals surface area contributed by atoms with E-state index in [2.05, 4.69) is 18.1 Å². The summed E-state index contributed by atoms with van der Waals surface area (Å²) in [5.74, 6) is -1.74. The van der Waals surface area contributed by atoms with Gasteiger partial charge in [0.2, 0.25) is 0 Å². The average molecular weight is 392 g/mol. The Kier molecular flexibility index (Phi) is 6.99. The van der Waals surface area contributed by atoms with Crippen molar-refractivity contribution in [2.75, 3.05) is 13.2 Å². The Morgan fingerprint density at radius 2 is 1.92 bits per heavy atom. The van der Waals surface area contributed by atoms with Crippen LogP contribution in [-0.4, -0.2) is 34.9 Å². The number of nitrogens with zero attached hydrogens (tertiary/aromatic N) is 1. The number of esters is 2. The smallest absolute Gasteiger partial charge is 0.323 e. The summed E-state index contributed by atoms with van der Waals surface area (Å²) < 4.78 is 10.9. The van der Waals surface area contributed by atoms with Crippen LogP contribution >= 0.6 is 23.1 Å². The predicted octanol–water partition coefficient (Wildman–Crippen LogP) is 4.24. The molecule has 0 aliphatic heterocycles. The van der Waals surface area contributed by atoms with Crippen LogP contribution in [-0.2, 0) is 19.1 Å². The number of hydrogen-bond acceptors (Lipinski definition) is 7. The summed E-state index contributed by atoms with van der Waals surface area (Å²) in [7, 11) is 0. The van der Waals surface area contributed by atoms with E-state index in [1.807, 2.05) is 24.3 Å². The molecular weight excluding hydrogens is 370 g/mol. The summed E-state index contributed by atoms with van der Waals surface area (Å²) in [6, 6.07) is 7.71. The van der Waals surface area contributed by atoms with Crippen molar-refractivity contribution in [2.24, 2.45) is 5.92 Å². The van der Waals surface area contributed by atoms with Crippen LogP contribution in [0.1, 0.15) is 13.8 Å². The fourth-order valence-corrected chi connectivity index (χ4v) is 4.73. The maximum atomic E-state index is 12.7. The molecule has 2 unspecified atom stereocenters. The van der Waals surface area contributed by atoms with Crippen molar-refractivity contribution >= 4 is 45.3 Å². The summed E-state index contributed by atoms with van der Waals surface area (Å²) in [5.41, 5.74) is 0.851. The Labute approximate surface area is 161 Å². The van der Waals surface area contributed by atoms with Gasteiger partial charge in [0.15, 0.2) is 4.34 Å². The molecule has 2 atom stereocenters. The minimum atomic E-state index is -1.19. The van der Waals surface area contributed by atoms with Crippen molar-refractivity contribution in [3.8, 4) is 0 Å². The predicted molar refractivity (Wildman–Crippen MR) is 105 cm³/mol. The molecule has 26 heavy (non-hydrogen) atoms. The van der Waals surface area contributed by atoms with E-state index in [-0.39, 0.29) is 13.2 Å². The Morgan fingerprint density at radius 1 is 1.27 bits per heavy atom. The molecule has 2 rings (SSSR count). The summed E-state index contributed by atoms with van der Waals surface area (Å²) in [6.07, 6.45) is 2.97. The fraction of sp³-hybridized carbons (Fsp3) is 0.316. The molecule has 0 radical (unpaired) electrons. The van der Waals surface area contributed by atoms with Crippen molar-refractivity contribution in [1.29, 1.82) is 0 Å². The number of fused-ring (bicyclic) bond motifs is 1. The van der Waals surface area contributed by atoms with Crippen molar-refractivity contribution < 1.29 is 19.1 Å². The summed E-state index contributed by atoms with van der Waals surface area (Å²) in [4.78, 5) is 29.6. The molecule has 0 saturated carbocycles. The first-order valence-electron chi connectivity index (χ1n) is 8.02. The second-order valence-corrected chi connectivity index (χ2v) is 8.41. The molecule has 5 nitrogen and oxygen atoms in total. The molecule has 0 aliphatic carbocycles. The van der Waals surface area contributed by atoms with E-state index >= 15 is 0 Å². The lowest BCUT2D eigenvalue weighted by Gasteiger charge is -2.30. The molecule has 0 fully saturated rings. The first-order valence-corrected chi connectivity index (χ1v) is 9.66. The van der Waals surface area contributed by atoms with Gasteiger partial charge < -0.3 is 9.47 Å². The van der Waals surface area contributed by atoms with Crippen molar-refractivity contribution in [1.82, 2.24) is 4.98 Å². The van der Waals surface area contributed by atoms with Gasteiger partial charge in [-0.2, -0.15) is 0 Å². The third-order valence-electron chi connectivity index (χ3n) is 3.83. The lowest BCUT2D eigenvalue weighted by Crippen LogP contribution is -2.44. The number of hydrogen-bond donors (Lipinski definition) is 0. The Balaban J connectivity index is 2.32. The second kappa shape index (κ2) is 9.00. The number of para-hydroxylation sites is 1. The van der Waals surface area contributed by atoms with Gasteiger partial charge in [0.1, 0.15) is 18.0 Å². The van der Waals surface area contributed by atoms with Crippen LogP contribution in [0.15, 0.2) is 53.9 Å². The molecule has 138 valence electrons. The molecule has 1 aromatic heterocycles. The van der Waals surface area contributed by atoms with Gasteiger partial charge in [-0.3, -0.25) is 9.59 Å².